The Morgan fingerprint density at radius 3 is 2.08 bits per heavy atom. The van der Waals surface area contributed by atoms with E-state index in [2.05, 4.69) is 20.9 Å². The van der Waals surface area contributed by atoms with Crippen LogP contribution in [0.2, 0.25) is 0 Å². The van der Waals surface area contributed by atoms with E-state index < -0.39 is 0 Å². The number of carbonyl (C=O) groups is 3. The van der Waals surface area contributed by atoms with E-state index in [1.807, 2.05) is 0 Å². The topological polar surface area (TPSA) is 109 Å². The number of carbonyl (C=O) groups excluding carboxylic acids is 3. The molecule has 0 aliphatic rings. The van der Waals surface area contributed by atoms with Gasteiger partial charge < -0.3 is 20.7 Å². The minimum Gasteiger partial charge on any atom is -0.481 e. The average Bonchev–Trinajstić information content (AvgIpc) is 2.58. The first-order valence-electron chi connectivity index (χ1n) is 7.85. The van der Waals surface area contributed by atoms with Crippen LogP contribution in [0.3, 0.4) is 0 Å². The van der Waals surface area contributed by atoms with Crippen molar-refractivity contribution in [2.24, 2.45) is 0 Å². The van der Waals surface area contributed by atoms with Crippen LogP contribution in [0.15, 0.2) is 36.5 Å². The molecule has 2 aromatic rings. The van der Waals surface area contributed by atoms with E-state index in [0.717, 1.165) is 5.56 Å². The number of pyridine rings is 1. The molecule has 0 aliphatic carbocycles. The van der Waals surface area contributed by atoms with Crippen LogP contribution in [0.1, 0.15) is 29.8 Å². The molecule has 0 saturated carbocycles. The first-order chi connectivity index (χ1) is 12.4. The molecule has 8 heteroatoms. The molecule has 1 heterocycles. The van der Waals surface area contributed by atoms with Crippen molar-refractivity contribution >= 4 is 29.1 Å². The van der Waals surface area contributed by atoms with Crippen molar-refractivity contribution in [1.82, 2.24) is 10.3 Å². The Hall–Kier alpha value is -3.42. The molecule has 2 rings (SSSR count). The quantitative estimate of drug-likeness (QED) is 0.733. The van der Waals surface area contributed by atoms with Crippen molar-refractivity contribution in [3.05, 3.63) is 47.7 Å². The van der Waals surface area contributed by atoms with Crippen LogP contribution in [0.25, 0.3) is 0 Å². The molecule has 0 saturated heterocycles. The van der Waals surface area contributed by atoms with Crippen LogP contribution in [-0.4, -0.2) is 29.8 Å². The third kappa shape index (κ3) is 5.59. The highest BCUT2D eigenvalue weighted by Crippen LogP contribution is 2.19. The van der Waals surface area contributed by atoms with Gasteiger partial charge in [-0.3, -0.25) is 14.4 Å². The van der Waals surface area contributed by atoms with Crippen LogP contribution in [0, 0.1) is 0 Å². The lowest BCUT2D eigenvalue weighted by Gasteiger charge is -2.11. The number of anilines is 2. The fraction of sp³-hybridized carbons (Fsp3) is 0.222. The van der Waals surface area contributed by atoms with Gasteiger partial charge >= 0.3 is 0 Å². The Kier molecular flexibility index (Phi) is 6.26. The molecule has 0 aliphatic heterocycles. The summed E-state index contributed by atoms with van der Waals surface area (Å²) in [7, 11) is 1.53. The Morgan fingerprint density at radius 1 is 1.00 bits per heavy atom. The molecule has 136 valence electrons. The average molecular weight is 356 g/mol. The summed E-state index contributed by atoms with van der Waals surface area (Å²) in [5, 5.41) is 7.98. The summed E-state index contributed by atoms with van der Waals surface area (Å²) in [5.74, 6) is -0.413. The van der Waals surface area contributed by atoms with E-state index in [1.54, 1.807) is 24.4 Å². The highest BCUT2D eigenvalue weighted by Gasteiger charge is 2.11. The number of nitrogens with zero attached hydrogens (tertiary/aromatic N) is 1. The Bertz CT molecular complexity index is 784. The summed E-state index contributed by atoms with van der Waals surface area (Å²) in [6, 6.07) is 8.14. The van der Waals surface area contributed by atoms with Gasteiger partial charge in [-0.25, -0.2) is 4.98 Å². The van der Waals surface area contributed by atoms with Crippen LogP contribution in [-0.2, 0) is 16.1 Å². The number of ether oxygens (including phenoxy) is 1. The maximum Gasteiger partial charge on any atom is 0.251 e. The summed E-state index contributed by atoms with van der Waals surface area (Å²) >= 11 is 0. The number of aromatic nitrogens is 1. The molecule has 0 atom stereocenters. The summed E-state index contributed by atoms with van der Waals surface area (Å²) in [5.41, 5.74) is 1.95. The van der Waals surface area contributed by atoms with Crippen molar-refractivity contribution in [2.75, 3.05) is 17.7 Å². The van der Waals surface area contributed by atoms with Crippen LogP contribution in [0.4, 0.5) is 11.4 Å². The van der Waals surface area contributed by atoms with E-state index >= 15 is 0 Å². The number of nitrogens with one attached hydrogen (secondary N) is 3. The number of benzene rings is 1. The van der Waals surface area contributed by atoms with Crippen LogP contribution >= 0.6 is 0 Å². The smallest absolute Gasteiger partial charge is 0.251 e. The van der Waals surface area contributed by atoms with Gasteiger partial charge in [-0.2, -0.15) is 0 Å². The molecule has 0 spiro atoms. The number of rotatable bonds is 6. The van der Waals surface area contributed by atoms with E-state index in [-0.39, 0.29) is 24.3 Å². The second-order valence-electron chi connectivity index (χ2n) is 5.55. The Balaban J connectivity index is 2.14. The third-order valence-electron chi connectivity index (χ3n) is 3.30. The van der Waals surface area contributed by atoms with E-state index in [1.165, 1.54) is 33.1 Å². The highest BCUT2D eigenvalue weighted by molar-refractivity contribution is 5.99. The normalized spacial score (nSPS) is 9.96. The molecular weight excluding hydrogens is 336 g/mol. The van der Waals surface area contributed by atoms with Gasteiger partial charge in [-0.05, 0) is 23.8 Å². The minimum absolute atomic E-state index is 0.273. The largest absolute Gasteiger partial charge is 0.481 e. The van der Waals surface area contributed by atoms with Crippen molar-refractivity contribution in [2.45, 2.75) is 20.4 Å². The van der Waals surface area contributed by atoms with Gasteiger partial charge in [0.2, 0.25) is 17.7 Å². The molecule has 0 unspecified atom stereocenters. The maximum absolute atomic E-state index is 12.4. The van der Waals surface area contributed by atoms with E-state index in [4.69, 9.17) is 4.74 Å². The van der Waals surface area contributed by atoms with Gasteiger partial charge in [0.25, 0.3) is 5.91 Å². The fourth-order valence-corrected chi connectivity index (χ4v) is 2.23. The summed E-state index contributed by atoms with van der Waals surface area (Å²) in [6.45, 7) is 3.00. The molecule has 3 amide bonds. The zero-order valence-corrected chi connectivity index (χ0v) is 14.8. The monoisotopic (exact) mass is 356 g/mol. The standard InChI is InChI=1S/C18H20N4O4/c1-11(23)21-15-6-14(7-16(8-15)22-12(2)24)18(25)20-10-13-4-5-17(26-3)19-9-13/h4-9H,10H2,1-3H3,(H,20,25)(H,21,23)(H,22,24). The molecule has 0 fully saturated rings. The maximum atomic E-state index is 12.4. The number of amides is 3. The zero-order valence-electron chi connectivity index (χ0n) is 14.8. The second kappa shape index (κ2) is 8.61. The minimum atomic E-state index is -0.348. The summed E-state index contributed by atoms with van der Waals surface area (Å²) in [4.78, 5) is 39.1. The Morgan fingerprint density at radius 2 is 1.62 bits per heavy atom. The lowest BCUT2D eigenvalue weighted by atomic mass is 10.1. The molecule has 8 nitrogen and oxygen atoms in total. The predicted octanol–water partition coefficient (Wildman–Crippen LogP) is 1.94. The van der Waals surface area contributed by atoms with E-state index in [0.29, 0.717) is 22.8 Å². The molecule has 1 aromatic heterocycles. The van der Waals surface area contributed by atoms with Gasteiger partial charge in [0.1, 0.15) is 0 Å². The van der Waals surface area contributed by atoms with Gasteiger partial charge in [-0.15, -0.1) is 0 Å². The predicted molar refractivity (Wildman–Crippen MR) is 97.0 cm³/mol. The van der Waals surface area contributed by atoms with Crippen molar-refractivity contribution in [1.29, 1.82) is 0 Å². The molecule has 0 bridgehead atoms. The first kappa shape index (κ1) is 18.9. The molecule has 3 N–H and O–H groups in total. The van der Waals surface area contributed by atoms with Gasteiger partial charge in [0.15, 0.2) is 0 Å². The first-order valence-corrected chi connectivity index (χ1v) is 7.85. The summed E-state index contributed by atoms with van der Waals surface area (Å²) < 4.78 is 4.99. The Labute approximate surface area is 151 Å². The van der Waals surface area contributed by atoms with Crippen molar-refractivity contribution in [3.8, 4) is 5.88 Å². The van der Waals surface area contributed by atoms with Gasteiger partial charge in [0.05, 0.1) is 7.11 Å². The lowest BCUT2D eigenvalue weighted by Crippen LogP contribution is -2.23. The number of hydrogen-bond donors (Lipinski definition) is 3. The SMILES string of the molecule is COc1ccc(CNC(=O)c2cc(NC(C)=O)cc(NC(C)=O)c2)cn1. The van der Waals surface area contributed by atoms with Crippen molar-refractivity contribution in [3.63, 3.8) is 0 Å². The van der Waals surface area contributed by atoms with E-state index in [9.17, 15) is 14.4 Å². The number of hydrogen-bond acceptors (Lipinski definition) is 5. The van der Waals surface area contributed by atoms with Crippen LogP contribution in [0.5, 0.6) is 5.88 Å². The zero-order chi connectivity index (χ0) is 19.1. The summed E-state index contributed by atoms with van der Waals surface area (Å²) in [6.07, 6.45) is 1.61. The number of methoxy groups -OCH3 is 1. The molecular formula is C18H20N4O4. The van der Waals surface area contributed by atoms with Gasteiger partial charge in [-0.1, -0.05) is 6.07 Å². The second-order valence-corrected chi connectivity index (χ2v) is 5.55. The molecule has 26 heavy (non-hydrogen) atoms. The van der Waals surface area contributed by atoms with Gasteiger partial charge in [0, 0.05) is 49.6 Å². The van der Waals surface area contributed by atoms with Crippen molar-refractivity contribution < 1.29 is 19.1 Å². The molecule has 0 radical (unpaired) electrons. The van der Waals surface area contributed by atoms with Crippen LogP contribution < -0.4 is 20.7 Å². The fourth-order valence-electron chi connectivity index (χ4n) is 2.23. The lowest BCUT2D eigenvalue weighted by molar-refractivity contribution is -0.115. The molecule has 1 aromatic carbocycles. The highest BCUT2D eigenvalue weighted by atomic mass is 16.5. The third-order valence-corrected chi connectivity index (χ3v) is 3.30.